The molecule has 0 aliphatic rings. The summed E-state index contributed by atoms with van der Waals surface area (Å²) in [7, 11) is 0. The van der Waals surface area contributed by atoms with Crippen molar-refractivity contribution in [2.75, 3.05) is 0 Å². The van der Waals surface area contributed by atoms with E-state index in [0.717, 1.165) is 11.8 Å². The third kappa shape index (κ3) is 2.96. The summed E-state index contributed by atoms with van der Waals surface area (Å²) in [6.07, 6.45) is 2.03. The van der Waals surface area contributed by atoms with Crippen LogP contribution >= 0.6 is 11.8 Å². The number of pyridine rings is 1. The van der Waals surface area contributed by atoms with Crippen LogP contribution in [0.5, 0.6) is 0 Å². The molecule has 1 aromatic rings. The van der Waals surface area contributed by atoms with Gasteiger partial charge in [-0.2, -0.15) is 5.26 Å². The minimum Gasteiger partial charge on any atom is -0.480 e. The molecule has 0 saturated carbocycles. The van der Waals surface area contributed by atoms with Crippen molar-refractivity contribution in [3.05, 3.63) is 24.0 Å². The fourth-order valence-corrected chi connectivity index (χ4v) is 1.97. The fourth-order valence-electron chi connectivity index (χ4n) is 1.03. The zero-order valence-corrected chi connectivity index (χ0v) is 8.99. The standard InChI is InChI=1S/C10H10N2O2S/c1-2-8(10(13)14)15-9-4-3-5-12-7(9)6-11/h3-5,8H,2H2,1H3,(H,13,14). The van der Waals surface area contributed by atoms with Gasteiger partial charge in [-0.25, -0.2) is 4.98 Å². The van der Waals surface area contributed by atoms with E-state index >= 15 is 0 Å². The van der Waals surface area contributed by atoms with E-state index in [4.69, 9.17) is 10.4 Å². The van der Waals surface area contributed by atoms with Crippen molar-refractivity contribution in [3.8, 4) is 6.07 Å². The number of aliphatic carboxylic acids is 1. The molecule has 1 atom stereocenters. The van der Waals surface area contributed by atoms with Gasteiger partial charge >= 0.3 is 5.97 Å². The van der Waals surface area contributed by atoms with Crippen LogP contribution in [0.15, 0.2) is 23.2 Å². The number of rotatable bonds is 4. The molecule has 1 heterocycles. The minimum atomic E-state index is -0.866. The average molecular weight is 222 g/mol. The summed E-state index contributed by atoms with van der Waals surface area (Å²) in [4.78, 5) is 15.3. The first-order valence-electron chi connectivity index (χ1n) is 4.43. The van der Waals surface area contributed by atoms with Crippen molar-refractivity contribution in [2.24, 2.45) is 0 Å². The second-order valence-corrected chi connectivity index (χ2v) is 4.06. The fraction of sp³-hybridized carbons (Fsp3) is 0.300. The first-order chi connectivity index (χ1) is 7.19. The highest BCUT2D eigenvalue weighted by Crippen LogP contribution is 2.27. The number of nitriles is 1. The van der Waals surface area contributed by atoms with E-state index in [1.165, 1.54) is 6.20 Å². The number of nitrogens with zero attached hydrogens (tertiary/aromatic N) is 2. The molecule has 1 N–H and O–H groups in total. The lowest BCUT2D eigenvalue weighted by Gasteiger charge is -2.09. The summed E-state index contributed by atoms with van der Waals surface area (Å²) in [5.74, 6) is -0.866. The van der Waals surface area contributed by atoms with Crippen LogP contribution in [-0.2, 0) is 4.79 Å². The Hall–Kier alpha value is -1.54. The molecule has 0 radical (unpaired) electrons. The van der Waals surface area contributed by atoms with Crippen molar-refractivity contribution < 1.29 is 9.90 Å². The van der Waals surface area contributed by atoms with E-state index in [2.05, 4.69) is 4.98 Å². The lowest BCUT2D eigenvalue weighted by atomic mass is 10.3. The number of carboxylic acids is 1. The van der Waals surface area contributed by atoms with Crippen LogP contribution in [-0.4, -0.2) is 21.3 Å². The minimum absolute atomic E-state index is 0.280. The zero-order valence-electron chi connectivity index (χ0n) is 8.17. The van der Waals surface area contributed by atoms with Gasteiger partial charge in [0.1, 0.15) is 11.3 Å². The van der Waals surface area contributed by atoms with Crippen molar-refractivity contribution >= 4 is 17.7 Å². The molecule has 1 aromatic heterocycles. The third-order valence-electron chi connectivity index (χ3n) is 1.79. The Morgan fingerprint density at radius 3 is 3.07 bits per heavy atom. The quantitative estimate of drug-likeness (QED) is 0.787. The van der Waals surface area contributed by atoms with Crippen LogP contribution in [0.3, 0.4) is 0 Å². The van der Waals surface area contributed by atoms with Gasteiger partial charge in [-0.1, -0.05) is 6.92 Å². The van der Waals surface area contributed by atoms with Crippen LogP contribution < -0.4 is 0 Å². The van der Waals surface area contributed by atoms with Gasteiger partial charge in [-0.05, 0) is 18.6 Å². The maximum absolute atomic E-state index is 10.8. The summed E-state index contributed by atoms with van der Waals surface area (Å²) >= 11 is 1.16. The van der Waals surface area contributed by atoms with E-state index in [1.807, 2.05) is 6.07 Å². The molecule has 0 fully saturated rings. The topological polar surface area (TPSA) is 74.0 Å². The molecule has 0 bridgehead atoms. The molecular formula is C10H10N2O2S. The van der Waals surface area contributed by atoms with Gasteiger partial charge in [-0.3, -0.25) is 4.79 Å². The van der Waals surface area contributed by atoms with Gasteiger partial charge in [0.05, 0.1) is 0 Å². The van der Waals surface area contributed by atoms with Crippen LogP contribution in [0.2, 0.25) is 0 Å². The van der Waals surface area contributed by atoms with Crippen molar-refractivity contribution in [1.29, 1.82) is 5.26 Å². The Balaban J connectivity index is 2.89. The average Bonchev–Trinajstić information content (AvgIpc) is 2.25. The summed E-state index contributed by atoms with van der Waals surface area (Å²) in [6.45, 7) is 1.80. The number of thioether (sulfide) groups is 1. The molecule has 0 saturated heterocycles. The molecule has 0 aliphatic carbocycles. The second-order valence-electron chi connectivity index (χ2n) is 2.81. The van der Waals surface area contributed by atoms with Gasteiger partial charge in [-0.15, -0.1) is 11.8 Å². The normalized spacial score (nSPS) is 11.7. The second kappa shape index (κ2) is 5.37. The van der Waals surface area contributed by atoms with Gasteiger partial charge < -0.3 is 5.11 Å². The van der Waals surface area contributed by atoms with Crippen LogP contribution in [0.25, 0.3) is 0 Å². The Labute approximate surface area is 91.9 Å². The van der Waals surface area contributed by atoms with E-state index in [0.29, 0.717) is 11.3 Å². The molecule has 0 spiro atoms. The molecule has 1 unspecified atom stereocenters. The van der Waals surface area contributed by atoms with Crippen molar-refractivity contribution in [1.82, 2.24) is 4.98 Å². The van der Waals surface area contributed by atoms with E-state index in [-0.39, 0.29) is 5.69 Å². The Morgan fingerprint density at radius 1 is 1.80 bits per heavy atom. The molecule has 4 nitrogen and oxygen atoms in total. The van der Waals surface area contributed by atoms with E-state index in [9.17, 15) is 4.79 Å². The number of carboxylic acid groups (broad SMARTS) is 1. The molecule has 15 heavy (non-hydrogen) atoms. The largest absolute Gasteiger partial charge is 0.480 e. The smallest absolute Gasteiger partial charge is 0.316 e. The molecule has 0 aromatic carbocycles. The first kappa shape index (κ1) is 11.5. The number of aromatic nitrogens is 1. The zero-order chi connectivity index (χ0) is 11.3. The number of carbonyl (C=O) groups is 1. The molecule has 0 amide bonds. The highest BCUT2D eigenvalue weighted by atomic mass is 32.2. The van der Waals surface area contributed by atoms with Crippen LogP contribution in [0.1, 0.15) is 19.0 Å². The van der Waals surface area contributed by atoms with Crippen molar-refractivity contribution in [3.63, 3.8) is 0 Å². The van der Waals surface area contributed by atoms with Gasteiger partial charge in [0.2, 0.25) is 0 Å². The molecule has 1 rings (SSSR count). The molecular weight excluding hydrogens is 212 g/mol. The third-order valence-corrected chi connectivity index (χ3v) is 3.19. The van der Waals surface area contributed by atoms with E-state index in [1.54, 1.807) is 19.1 Å². The Morgan fingerprint density at radius 2 is 2.53 bits per heavy atom. The van der Waals surface area contributed by atoms with E-state index < -0.39 is 11.2 Å². The van der Waals surface area contributed by atoms with Crippen LogP contribution in [0, 0.1) is 11.3 Å². The summed E-state index contributed by atoms with van der Waals surface area (Å²) in [5.41, 5.74) is 0.280. The summed E-state index contributed by atoms with van der Waals surface area (Å²) < 4.78 is 0. The first-order valence-corrected chi connectivity index (χ1v) is 5.31. The highest BCUT2D eigenvalue weighted by molar-refractivity contribution is 8.00. The van der Waals surface area contributed by atoms with Gasteiger partial charge in [0.25, 0.3) is 0 Å². The van der Waals surface area contributed by atoms with Crippen molar-refractivity contribution in [2.45, 2.75) is 23.5 Å². The predicted octanol–water partition coefficient (Wildman–Crippen LogP) is 1.91. The SMILES string of the molecule is CCC(Sc1cccnc1C#N)C(=O)O. The number of hydrogen-bond donors (Lipinski definition) is 1. The van der Waals surface area contributed by atoms with Gasteiger partial charge in [0, 0.05) is 11.1 Å². The lowest BCUT2D eigenvalue weighted by Crippen LogP contribution is -2.14. The maximum atomic E-state index is 10.8. The molecule has 0 aliphatic heterocycles. The summed E-state index contributed by atoms with van der Waals surface area (Å²) in [5, 5.41) is 17.1. The van der Waals surface area contributed by atoms with Crippen LogP contribution in [0.4, 0.5) is 0 Å². The van der Waals surface area contributed by atoms with Gasteiger partial charge in [0.15, 0.2) is 5.69 Å². The Bertz CT molecular complexity index is 401. The number of hydrogen-bond acceptors (Lipinski definition) is 4. The predicted molar refractivity (Wildman–Crippen MR) is 56.5 cm³/mol. The highest BCUT2D eigenvalue weighted by Gasteiger charge is 2.18. The summed E-state index contributed by atoms with van der Waals surface area (Å²) in [6, 6.07) is 5.34. The molecule has 78 valence electrons. The lowest BCUT2D eigenvalue weighted by molar-refractivity contribution is -0.136. The maximum Gasteiger partial charge on any atom is 0.316 e. The monoisotopic (exact) mass is 222 g/mol. The molecule has 5 heteroatoms. The Kier molecular flexibility index (Phi) is 4.13.